The van der Waals surface area contributed by atoms with Crippen LogP contribution in [-0.4, -0.2) is 25.2 Å². The van der Waals surface area contributed by atoms with Gasteiger partial charge in [-0.25, -0.2) is 9.59 Å². The first-order chi connectivity index (χ1) is 11.5. The van der Waals surface area contributed by atoms with E-state index in [2.05, 4.69) is 10.6 Å². The van der Waals surface area contributed by atoms with Gasteiger partial charge in [0.05, 0.1) is 22.8 Å². The number of halogens is 2. The molecule has 0 aliphatic carbocycles. The Balaban J connectivity index is 2.07. The van der Waals surface area contributed by atoms with E-state index in [9.17, 15) is 9.59 Å². The van der Waals surface area contributed by atoms with Crippen LogP contribution in [0.5, 0.6) is 0 Å². The van der Waals surface area contributed by atoms with Gasteiger partial charge in [-0.05, 0) is 17.7 Å². The van der Waals surface area contributed by atoms with E-state index in [4.69, 9.17) is 27.9 Å². The SMILES string of the molecule is COC(=O)C(Cc1ccccc1)NC(=O)Nc1cccc(Cl)c1Cl. The molecule has 2 rings (SSSR count). The van der Waals surface area contributed by atoms with Crippen molar-refractivity contribution >= 4 is 40.9 Å². The molecule has 2 amide bonds. The Kier molecular flexibility index (Phi) is 6.46. The van der Waals surface area contributed by atoms with Gasteiger partial charge < -0.3 is 15.4 Å². The van der Waals surface area contributed by atoms with Crippen molar-refractivity contribution in [2.24, 2.45) is 0 Å². The summed E-state index contributed by atoms with van der Waals surface area (Å²) in [6, 6.07) is 12.8. The molecule has 126 valence electrons. The molecule has 2 aromatic rings. The molecule has 0 saturated heterocycles. The summed E-state index contributed by atoms with van der Waals surface area (Å²) in [6.07, 6.45) is 0.310. The Morgan fingerprint density at radius 1 is 1.08 bits per heavy atom. The summed E-state index contributed by atoms with van der Waals surface area (Å²) < 4.78 is 4.75. The maximum absolute atomic E-state index is 12.2. The second-order valence-corrected chi connectivity index (χ2v) is 5.75. The van der Waals surface area contributed by atoms with Crippen LogP contribution >= 0.6 is 23.2 Å². The molecular weight excluding hydrogens is 351 g/mol. The van der Waals surface area contributed by atoms with Gasteiger partial charge in [0.2, 0.25) is 0 Å². The molecule has 2 aromatic carbocycles. The number of carbonyl (C=O) groups excluding carboxylic acids is 2. The van der Waals surface area contributed by atoms with Gasteiger partial charge in [0.25, 0.3) is 0 Å². The van der Waals surface area contributed by atoms with Crippen LogP contribution in [0.25, 0.3) is 0 Å². The van der Waals surface area contributed by atoms with Crippen LogP contribution in [0.15, 0.2) is 48.5 Å². The third-order valence-electron chi connectivity index (χ3n) is 3.27. The molecule has 0 saturated carbocycles. The monoisotopic (exact) mass is 366 g/mol. The van der Waals surface area contributed by atoms with E-state index in [-0.39, 0.29) is 5.02 Å². The first-order valence-electron chi connectivity index (χ1n) is 7.14. The van der Waals surface area contributed by atoms with Gasteiger partial charge in [-0.2, -0.15) is 0 Å². The van der Waals surface area contributed by atoms with Crippen molar-refractivity contribution in [3.05, 3.63) is 64.1 Å². The number of benzene rings is 2. The smallest absolute Gasteiger partial charge is 0.328 e. The second-order valence-electron chi connectivity index (χ2n) is 4.97. The summed E-state index contributed by atoms with van der Waals surface area (Å²) in [6.45, 7) is 0. The summed E-state index contributed by atoms with van der Waals surface area (Å²) in [5.41, 5.74) is 1.25. The van der Waals surface area contributed by atoms with Crippen LogP contribution in [0.2, 0.25) is 10.0 Å². The Morgan fingerprint density at radius 3 is 2.46 bits per heavy atom. The Bertz CT molecular complexity index is 723. The number of urea groups is 1. The molecule has 1 unspecified atom stereocenters. The molecule has 0 aromatic heterocycles. The zero-order chi connectivity index (χ0) is 17.5. The molecule has 24 heavy (non-hydrogen) atoms. The fourth-order valence-corrected chi connectivity index (χ4v) is 2.45. The average Bonchev–Trinajstić information content (AvgIpc) is 2.58. The van der Waals surface area contributed by atoms with Gasteiger partial charge in [-0.3, -0.25) is 0 Å². The lowest BCUT2D eigenvalue weighted by molar-refractivity contribution is -0.142. The number of carbonyl (C=O) groups is 2. The highest BCUT2D eigenvalue weighted by molar-refractivity contribution is 6.43. The van der Waals surface area contributed by atoms with Crippen molar-refractivity contribution in [3.8, 4) is 0 Å². The van der Waals surface area contributed by atoms with Crippen LogP contribution in [0.1, 0.15) is 5.56 Å². The Morgan fingerprint density at radius 2 is 1.79 bits per heavy atom. The minimum absolute atomic E-state index is 0.229. The molecule has 5 nitrogen and oxygen atoms in total. The first kappa shape index (κ1) is 18.1. The third-order valence-corrected chi connectivity index (χ3v) is 4.09. The van der Waals surface area contributed by atoms with Crippen molar-refractivity contribution in [1.29, 1.82) is 0 Å². The van der Waals surface area contributed by atoms with Gasteiger partial charge in [-0.15, -0.1) is 0 Å². The maximum atomic E-state index is 12.2. The predicted molar refractivity (Wildman–Crippen MR) is 94.6 cm³/mol. The van der Waals surface area contributed by atoms with Gasteiger partial charge in [0.1, 0.15) is 6.04 Å². The molecule has 0 bridgehead atoms. The fourth-order valence-electron chi connectivity index (χ4n) is 2.10. The van der Waals surface area contributed by atoms with Crippen molar-refractivity contribution in [2.75, 3.05) is 12.4 Å². The van der Waals surface area contributed by atoms with Gasteiger partial charge in [-0.1, -0.05) is 59.6 Å². The summed E-state index contributed by atoms with van der Waals surface area (Å²) >= 11 is 11.9. The van der Waals surface area contributed by atoms with Gasteiger partial charge in [0, 0.05) is 6.42 Å². The van der Waals surface area contributed by atoms with Crippen LogP contribution in [0, 0.1) is 0 Å². The van der Waals surface area contributed by atoms with Crippen LogP contribution in [-0.2, 0) is 16.0 Å². The van der Waals surface area contributed by atoms with E-state index in [0.29, 0.717) is 17.1 Å². The van der Waals surface area contributed by atoms with Crippen molar-refractivity contribution < 1.29 is 14.3 Å². The number of hydrogen-bond donors (Lipinski definition) is 2. The molecule has 0 spiro atoms. The largest absolute Gasteiger partial charge is 0.467 e. The standard InChI is InChI=1S/C17H16Cl2N2O3/c1-24-16(22)14(10-11-6-3-2-4-7-11)21-17(23)20-13-9-5-8-12(18)15(13)19/h2-9,14H,10H2,1H3,(H2,20,21,23). The van der Waals surface area contributed by atoms with E-state index in [1.54, 1.807) is 18.2 Å². The quantitative estimate of drug-likeness (QED) is 0.788. The molecule has 0 aliphatic rings. The van der Waals surface area contributed by atoms with E-state index >= 15 is 0 Å². The highest BCUT2D eigenvalue weighted by atomic mass is 35.5. The highest BCUT2D eigenvalue weighted by Crippen LogP contribution is 2.29. The summed E-state index contributed by atoms with van der Waals surface area (Å²) in [5.74, 6) is -0.536. The molecule has 0 fully saturated rings. The Labute approximate surface area is 149 Å². The number of anilines is 1. The fraction of sp³-hybridized carbons (Fsp3) is 0.176. The molecule has 2 N–H and O–H groups in total. The molecule has 0 heterocycles. The highest BCUT2D eigenvalue weighted by Gasteiger charge is 2.22. The number of ether oxygens (including phenoxy) is 1. The normalized spacial score (nSPS) is 11.5. The number of amides is 2. The van der Waals surface area contributed by atoms with Gasteiger partial charge >= 0.3 is 12.0 Å². The van der Waals surface area contributed by atoms with E-state index in [1.807, 2.05) is 30.3 Å². The lowest BCUT2D eigenvalue weighted by Gasteiger charge is -2.17. The number of nitrogens with one attached hydrogen (secondary N) is 2. The van der Waals surface area contributed by atoms with Crippen LogP contribution in [0.3, 0.4) is 0 Å². The number of esters is 1. The lowest BCUT2D eigenvalue weighted by atomic mass is 10.1. The zero-order valence-corrected chi connectivity index (χ0v) is 14.4. The first-order valence-corrected chi connectivity index (χ1v) is 7.90. The van der Waals surface area contributed by atoms with Gasteiger partial charge in [0.15, 0.2) is 0 Å². The summed E-state index contributed by atoms with van der Waals surface area (Å²) in [5, 5.41) is 5.71. The van der Waals surface area contributed by atoms with Crippen LogP contribution < -0.4 is 10.6 Å². The molecule has 1 atom stereocenters. The summed E-state index contributed by atoms with van der Waals surface area (Å²) in [7, 11) is 1.27. The minimum Gasteiger partial charge on any atom is -0.467 e. The van der Waals surface area contributed by atoms with E-state index in [0.717, 1.165) is 5.56 Å². The maximum Gasteiger partial charge on any atom is 0.328 e. The van der Waals surface area contributed by atoms with E-state index < -0.39 is 18.0 Å². The van der Waals surface area contributed by atoms with Crippen LogP contribution in [0.4, 0.5) is 10.5 Å². The lowest BCUT2D eigenvalue weighted by Crippen LogP contribution is -2.45. The Hall–Kier alpha value is -2.24. The number of hydrogen-bond acceptors (Lipinski definition) is 3. The average molecular weight is 367 g/mol. The number of methoxy groups -OCH3 is 1. The summed E-state index contributed by atoms with van der Waals surface area (Å²) in [4.78, 5) is 24.1. The molecular formula is C17H16Cl2N2O3. The molecule has 0 aliphatic heterocycles. The molecule has 7 heteroatoms. The van der Waals surface area contributed by atoms with Crippen molar-refractivity contribution in [2.45, 2.75) is 12.5 Å². The van der Waals surface area contributed by atoms with E-state index in [1.165, 1.54) is 7.11 Å². The minimum atomic E-state index is -0.824. The zero-order valence-electron chi connectivity index (χ0n) is 12.9. The number of rotatable bonds is 5. The molecule has 0 radical (unpaired) electrons. The third kappa shape index (κ3) is 4.88. The van der Waals surface area contributed by atoms with Crippen molar-refractivity contribution in [3.63, 3.8) is 0 Å². The van der Waals surface area contributed by atoms with Crippen molar-refractivity contribution in [1.82, 2.24) is 5.32 Å². The predicted octanol–water partition coefficient (Wildman–Crippen LogP) is 3.90. The second kappa shape index (κ2) is 8.57. The topological polar surface area (TPSA) is 67.4 Å².